The fraction of sp³-hybridized carbons (Fsp3) is 0.316. The van der Waals surface area contributed by atoms with Gasteiger partial charge in [0.25, 0.3) is 0 Å². The van der Waals surface area contributed by atoms with Crippen LogP contribution in [0, 0.1) is 34.0 Å². The molecule has 1 heterocycles. The predicted octanol–water partition coefficient (Wildman–Crippen LogP) is 2.94. The van der Waals surface area contributed by atoms with Gasteiger partial charge in [-0.25, -0.2) is 0 Å². The van der Waals surface area contributed by atoms with E-state index < -0.39 is 5.41 Å². The zero-order chi connectivity index (χ0) is 16.4. The van der Waals surface area contributed by atoms with Gasteiger partial charge in [0.15, 0.2) is 0 Å². The second kappa shape index (κ2) is 5.83. The minimum Gasteiger partial charge on any atom is -0.313 e. The average Bonchev–Trinajstić information content (AvgIpc) is 2.61. The van der Waals surface area contributed by atoms with Crippen LogP contribution in [0.3, 0.4) is 0 Å². The molecule has 3 atom stereocenters. The Morgan fingerprint density at radius 2 is 2.04 bits per heavy atom. The van der Waals surface area contributed by atoms with Crippen molar-refractivity contribution in [3.05, 3.63) is 58.8 Å². The molecule has 1 aromatic rings. The van der Waals surface area contributed by atoms with Crippen molar-refractivity contribution in [3.63, 3.8) is 0 Å². The highest BCUT2D eigenvalue weighted by atomic mass is 14.9. The second-order valence-electron chi connectivity index (χ2n) is 6.12. The topological polar surface area (TPSA) is 72.0 Å². The molecule has 0 spiro atoms. The smallest absolute Gasteiger partial charge is 0.105 e. The largest absolute Gasteiger partial charge is 0.313 e. The Morgan fingerprint density at radius 1 is 1.30 bits per heavy atom. The standard InChI is InChI=1S/C19H18N4/c1-19(12-21)17(13-6-4-3-5-7-13)16-11-23-9-8-14(16)15(10-20)18(19)22-2/h3-8,16-17,23H,2,9,11H2,1H3. The summed E-state index contributed by atoms with van der Waals surface area (Å²) in [5.74, 6) is 0.0151. The molecule has 3 unspecified atom stereocenters. The van der Waals surface area contributed by atoms with Crippen LogP contribution in [0.2, 0.25) is 0 Å². The first kappa shape index (κ1) is 15.2. The van der Waals surface area contributed by atoms with Gasteiger partial charge in [-0.15, -0.1) is 0 Å². The Morgan fingerprint density at radius 3 is 2.65 bits per heavy atom. The molecule has 4 heteroatoms. The maximum absolute atomic E-state index is 9.97. The fourth-order valence-electron chi connectivity index (χ4n) is 3.92. The van der Waals surface area contributed by atoms with E-state index in [4.69, 9.17) is 0 Å². The highest BCUT2D eigenvalue weighted by Gasteiger charge is 2.50. The molecule has 1 aliphatic heterocycles. The highest BCUT2D eigenvalue weighted by Crippen LogP contribution is 2.55. The third kappa shape index (κ3) is 2.20. The first-order valence-electron chi connectivity index (χ1n) is 7.66. The molecular weight excluding hydrogens is 284 g/mol. The monoisotopic (exact) mass is 302 g/mol. The van der Waals surface area contributed by atoms with Gasteiger partial charge in [0.1, 0.15) is 11.5 Å². The minimum absolute atomic E-state index is 0.0645. The number of hydrogen-bond donors (Lipinski definition) is 1. The van der Waals surface area contributed by atoms with Crippen LogP contribution in [0.4, 0.5) is 0 Å². The quantitative estimate of drug-likeness (QED) is 0.854. The first-order valence-corrected chi connectivity index (χ1v) is 7.66. The van der Waals surface area contributed by atoms with Crippen LogP contribution in [0.25, 0.3) is 0 Å². The molecule has 0 amide bonds. The van der Waals surface area contributed by atoms with Gasteiger partial charge in [0.05, 0.1) is 17.3 Å². The third-order valence-electron chi connectivity index (χ3n) is 4.93. The maximum Gasteiger partial charge on any atom is 0.105 e. The lowest BCUT2D eigenvalue weighted by atomic mass is 9.58. The molecule has 1 N–H and O–H groups in total. The Hall–Kier alpha value is -2.69. The van der Waals surface area contributed by atoms with E-state index >= 15 is 0 Å². The molecule has 0 fully saturated rings. The Labute approximate surface area is 136 Å². The van der Waals surface area contributed by atoms with Crippen LogP contribution in [-0.4, -0.2) is 19.8 Å². The maximum atomic E-state index is 9.97. The zero-order valence-corrected chi connectivity index (χ0v) is 13.1. The summed E-state index contributed by atoms with van der Waals surface area (Å²) in [6.45, 7) is 6.99. The molecule has 114 valence electrons. The summed E-state index contributed by atoms with van der Waals surface area (Å²) in [5, 5.41) is 23.0. The van der Waals surface area contributed by atoms with E-state index in [2.05, 4.69) is 29.2 Å². The minimum atomic E-state index is -0.880. The van der Waals surface area contributed by atoms with Crippen LogP contribution >= 0.6 is 0 Å². The number of allylic oxidation sites excluding steroid dienone is 2. The Balaban J connectivity index is 2.31. The number of benzene rings is 1. The zero-order valence-electron chi connectivity index (χ0n) is 13.1. The molecular formula is C19H18N4. The lowest BCUT2D eigenvalue weighted by Gasteiger charge is -2.45. The van der Waals surface area contributed by atoms with Crippen LogP contribution in [0.1, 0.15) is 18.4 Å². The molecule has 2 aliphatic rings. The van der Waals surface area contributed by atoms with Gasteiger partial charge in [-0.1, -0.05) is 36.4 Å². The lowest BCUT2D eigenvalue weighted by Crippen LogP contribution is -2.44. The normalized spacial score (nSPS) is 29.8. The second-order valence-corrected chi connectivity index (χ2v) is 6.12. The van der Waals surface area contributed by atoms with Crippen LogP contribution in [0.5, 0.6) is 0 Å². The summed E-state index contributed by atoms with van der Waals surface area (Å²) < 4.78 is 0. The average molecular weight is 302 g/mol. The van der Waals surface area contributed by atoms with Gasteiger partial charge >= 0.3 is 0 Å². The number of aliphatic imine (C=N–C) groups is 1. The number of nitrogens with zero attached hydrogens (tertiary/aromatic N) is 3. The van der Waals surface area contributed by atoms with E-state index in [1.54, 1.807) is 0 Å². The molecule has 1 aliphatic carbocycles. The third-order valence-corrected chi connectivity index (χ3v) is 4.93. The van der Waals surface area contributed by atoms with Crippen molar-refractivity contribution >= 4 is 6.72 Å². The fourth-order valence-corrected chi connectivity index (χ4v) is 3.92. The summed E-state index contributed by atoms with van der Waals surface area (Å²) in [4.78, 5) is 4.11. The van der Waals surface area contributed by atoms with Crippen molar-refractivity contribution in [1.29, 1.82) is 10.5 Å². The number of fused-ring (bicyclic) bond motifs is 1. The number of rotatable bonds is 2. The summed E-state index contributed by atoms with van der Waals surface area (Å²) in [6.07, 6.45) is 2.05. The van der Waals surface area contributed by atoms with Gasteiger partial charge in [-0.05, 0) is 24.8 Å². The van der Waals surface area contributed by atoms with Crippen LogP contribution in [-0.2, 0) is 0 Å². The molecule has 0 bridgehead atoms. The van der Waals surface area contributed by atoms with Gasteiger partial charge in [-0.2, -0.15) is 10.5 Å². The van der Waals surface area contributed by atoms with E-state index in [1.165, 1.54) is 0 Å². The van der Waals surface area contributed by atoms with E-state index in [0.717, 1.165) is 24.2 Å². The van der Waals surface area contributed by atoms with Gasteiger partial charge in [-0.3, -0.25) is 4.99 Å². The number of nitriles is 2. The predicted molar refractivity (Wildman–Crippen MR) is 89.5 cm³/mol. The van der Waals surface area contributed by atoms with Crippen LogP contribution in [0.15, 0.2) is 58.2 Å². The van der Waals surface area contributed by atoms with E-state index in [-0.39, 0.29) is 11.8 Å². The van der Waals surface area contributed by atoms with Gasteiger partial charge in [0.2, 0.25) is 0 Å². The Bertz CT molecular complexity index is 776. The van der Waals surface area contributed by atoms with Crippen molar-refractivity contribution in [3.8, 4) is 12.1 Å². The number of hydrogen-bond acceptors (Lipinski definition) is 4. The Kier molecular flexibility index (Phi) is 3.86. The van der Waals surface area contributed by atoms with Crippen molar-refractivity contribution in [2.24, 2.45) is 16.3 Å². The molecule has 0 radical (unpaired) electrons. The summed E-state index contributed by atoms with van der Waals surface area (Å²) in [6, 6.07) is 14.7. The molecule has 23 heavy (non-hydrogen) atoms. The molecule has 4 nitrogen and oxygen atoms in total. The molecule has 0 aromatic heterocycles. The lowest BCUT2D eigenvalue weighted by molar-refractivity contribution is 0.293. The van der Waals surface area contributed by atoms with Crippen molar-refractivity contribution in [2.75, 3.05) is 13.1 Å². The van der Waals surface area contributed by atoms with Crippen molar-refractivity contribution in [1.82, 2.24) is 5.32 Å². The van der Waals surface area contributed by atoms with Crippen molar-refractivity contribution in [2.45, 2.75) is 12.8 Å². The van der Waals surface area contributed by atoms with Gasteiger partial charge < -0.3 is 5.32 Å². The summed E-state index contributed by atoms with van der Waals surface area (Å²) in [5.41, 5.74) is 2.22. The highest BCUT2D eigenvalue weighted by molar-refractivity contribution is 5.58. The summed E-state index contributed by atoms with van der Waals surface area (Å²) >= 11 is 0. The molecule has 1 aromatic carbocycles. The first-order chi connectivity index (χ1) is 11.2. The molecule has 3 rings (SSSR count). The van der Waals surface area contributed by atoms with Gasteiger partial charge in [0, 0.05) is 24.9 Å². The van der Waals surface area contributed by atoms with Crippen LogP contribution < -0.4 is 5.32 Å². The number of nitrogens with one attached hydrogen (secondary N) is 1. The summed E-state index contributed by atoms with van der Waals surface area (Å²) in [7, 11) is 0. The SMILES string of the molecule is C=NC1=C(C#N)C2=CCNCC2C(c2ccccc2)C1(C)C#N. The van der Waals surface area contributed by atoms with Crippen molar-refractivity contribution < 1.29 is 0 Å². The van der Waals surface area contributed by atoms with E-state index in [1.807, 2.05) is 43.3 Å². The van der Waals surface area contributed by atoms with E-state index in [0.29, 0.717) is 11.3 Å². The molecule has 0 saturated carbocycles. The molecule has 0 saturated heterocycles. The van der Waals surface area contributed by atoms with E-state index in [9.17, 15) is 10.5 Å².